The number of methoxy groups -OCH3 is 1. The summed E-state index contributed by atoms with van der Waals surface area (Å²) in [6.07, 6.45) is 1.57. The van der Waals surface area contributed by atoms with E-state index in [9.17, 15) is 4.79 Å². The molecule has 0 bridgehead atoms. The molecule has 0 radical (unpaired) electrons. The highest BCUT2D eigenvalue weighted by atomic mass is 16.5. The molecule has 2 aromatic heterocycles. The van der Waals surface area contributed by atoms with Gasteiger partial charge in [0.05, 0.1) is 19.4 Å². The van der Waals surface area contributed by atoms with E-state index in [1.807, 2.05) is 24.3 Å². The first-order valence-electron chi connectivity index (χ1n) is 6.59. The largest absolute Gasteiger partial charge is 0.467 e. The van der Waals surface area contributed by atoms with E-state index in [1.54, 1.807) is 25.5 Å². The van der Waals surface area contributed by atoms with Crippen LogP contribution in [0.4, 0.5) is 0 Å². The van der Waals surface area contributed by atoms with E-state index in [0.29, 0.717) is 24.5 Å². The number of ether oxygens (including phenoxy) is 1. The smallest absolute Gasteiger partial charge is 0.287 e. The van der Waals surface area contributed by atoms with Crippen molar-refractivity contribution in [2.45, 2.75) is 13.2 Å². The van der Waals surface area contributed by atoms with Gasteiger partial charge in [-0.3, -0.25) is 4.79 Å². The van der Waals surface area contributed by atoms with Gasteiger partial charge in [0.15, 0.2) is 5.76 Å². The second kappa shape index (κ2) is 5.85. The molecule has 0 spiro atoms. The highest BCUT2D eigenvalue weighted by Crippen LogP contribution is 2.26. The molecule has 0 saturated carbocycles. The van der Waals surface area contributed by atoms with E-state index in [-0.39, 0.29) is 11.7 Å². The number of benzene rings is 1. The average molecular weight is 285 g/mol. The van der Waals surface area contributed by atoms with Crippen LogP contribution in [0.25, 0.3) is 11.0 Å². The molecular formula is C16H15NO4. The van der Waals surface area contributed by atoms with Crippen molar-refractivity contribution in [3.63, 3.8) is 0 Å². The molecule has 0 aliphatic rings. The molecule has 0 saturated heterocycles. The lowest BCUT2D eigenvalue weighted by molar-refractivity contribution is 0.0916. The van der Waals surface area contributed by atoms with Crippen LogP contribution >= 0.6 is 0 Å². The Morgan fingerprint density at radius 2 is 2.10 bits per heavy atom. The van der Waals surface area contributed by atoms with Crippen LogP contribution in [0.3, 0.4) is 0 Å². The van der Waals surface area contributed by atoms with Gasteiger partial charge in [0.1, 0.15) is 11.3 Å². The van der Waals surface area contributed by atoms with Crippen LogP contribution in [-0.4, -0.2) is 13.0 Å². The number of carbonyl (C=O) groups excluding carboxylic acids is 1. The van der Waals surface area contributed by atoms with Gasteiger partial charge >= 0.3 is 0 Å². The minimum absolute atomic E-state index is 0.282. The predicted octanol–water partition coefficient (Wildman–Crippen LogP) is 3.10. The fourth-order valence-electron chi connectivity index (χ4n) is 2.23. The monoisotopic (exact) mass is 285 g/mol. The van der Waals surface area contributed by atoms with Gasteiger partial charge in [-0.25, -0.2) is 0 Å². The Balaban J connectivity index is 1.87. The van der Waals surface area contributed by atoms with Crippen LogP contribution in [0.5, 0.6) is 0 Å². The molecule has 5 heteroatoms. The standard InChI is InChI=1S/C16H15NO4/c1-19-10-13-12-6-2-3-7-14(12)21-15(13)16(18)17-9-11-5-4-8-20-11/h2-8H,9-10H2,1H3,(H,17,18). The number of amides is 1. The zero-order chi connectivity index (χ0) is 14.7. The lowest BCUT2D eigenvalue weighted by atomic mass is 10.1. The van der Waals surface area contributed by atoms with Crippen molar-refractivity contribution < 1.29 is 18.4 Å². The number of para-hydroxylation sites is 1. The number of carbonyl (C=O) groups is 1. The van der Waals surface area contributed by atoms with E-state index in [1.165, 1.54) is 0 Å². The number of nitrogens with one attached hydrogen (secondary N) is 1. The zero-order valence-electron chi connectivity index (χ0n) is 11.6. The quantitative estimate of drug-likeness (QED) is 0.782. The molecule has 0 unspecified atom stereocenters. The van der Waals surface area contributed by atoms with Crippen LogP contribution < -0.4 is 5.32 Å². The van der Waals surface area contributed by atoms with Crippen LogP contribution in [0.1, 0.15) is 21.9 Å². The van der Waals surface area contributed by atoms with Gasteiger partial charge in [-0.05, 0) is 18.2 Å². The summed E-state index contributed by atoms with van der Waals surface area (Å²) in [4.78, 5) is 12.3. The van der Waals surface area contributed by atoms with E-state index in [2.05, 4.69) is 5.32 Å². The maximum absolute atomic E-state index is 12.3. The summed E-state index contributed by atoms with van der Waals surface area (Å²) in [7, 11) is 1.59. The maximum Gasteiger partial charge on any atom is 0.287 e. The molecular weight excluding hydrogens is 270 g/mol. The molecule has 2 heterocycles. The molecule has 1 N–H and O–H groups in total. The van der Waals surface area contributed by atoms with E-state index in [0.717, 1.165) is 10.9 Å². The van der Waals surface area contributed by atoms with Crippen molar-refractivity contribution in [2.75, 3.05) is 7.11 Å². The van der Waals surface area contributed by atoms with Gasteiger partial charge in [-0.2, -0.15) is 0 Å². The van der Waals surface area contributed by atoms with Crippen molar-refractivity contribution in [2.24, 2.45) is 0 Å². The van der Waals surface area contributed by atoms with Gasteiger partial charge < -0.3 is 18.9 Å². The molecule has 5 nitrogen and oxygen atoms in total. The van der Waals surface area contributed by atoms with Gasteiger partial charge in [-0.15, -0.1) is 0 Å². The molecule has 1 aromatic carbocycles. The van der Waals surface area contributed by atoms with Crippen molar-refractivity contribution >= 4 is 16.9 Å². The number of hydrogen-bond acceptors (Lipinski definition) is 4. The minimum Gasteiger partial charge on any atom is -0.467 e. The Kier molecular flexibility index (Phi) is 3.75. The summed E-state index contributed by atoms with van der Waals surface area (Å²) in [5.74, 6) is 0.687. The van der Waals surface area contributed by atoms with Crippen LogP contribution in [-0.2, 0) is 17.9 Å². The first kappa shape index (κ1) is 13.5. The summed E-state index contributed by atoms with van der Waals surface area (Å²) in [6.45, 7) is 0.635. The van der Waals surface area contributed by atoms with Crippen LogP contribution in [0.2, 0.25) is 0 Å². The van der Waals surface area contributed by atoms with Gasteiger partial charge in [0.25, 0.3) is 5.91 Å². The van der Waals surface area contributed by atoms with E-state index < -0.39 is 0 Å². The molecule has 3 rings (SSSR count). The number of furan rings is 2. The molecule has 0 atom stereocenters. The van der Waals surface area contributed by atoms with Crippen molar-refractivity contribution in [1.82, 2.24) is 5.32 Å². The van der Waals surface area contributed by atoms with Crippen molar-refractivity contribution in [1.29, 1.82) is 0 Å². The SMILES string of the molecule is COCc1c(C(=O)NCc2ccco2)oc2ccccc12. The van der Waals surface area contributed by atoms with Gasteiger partial charge in [0, 0.05) is 18.1 Å². The molecule has 0 aliphatic carbocycles. The molecule has 3 aromatic rings. The van der Waals surface area contributed by atoms with Gasteiger partial charge in [-0.1, -0.05) is 18.2 Å². The Labute approximate surface area is 121 Å². The van der Waals surface area contributed by atoms with Gasteiger partial charge in [0.2, 0.25) is 0 Å². The highest BCUT2D eigenvalue weighted by Gasteiger charge is 2.20. The Bertz CT molecular complexity index is 743. The molecule has 108 valence electrons. The highest BCUT2D eigenvalue weighted by molar-refractivity contribution is 5.98. The fraction of sp³-hybridized carbons (Fsp3) is 0.188. The molecule has 0 aliphatic heterocycles. The topological polar surface area (TPSA) is 64.6 Å². The lowest BCUT2D eigenvalue weighted by Gasteiger charge is -2.03. The summed E-state index contributed by atoms with van der Waals surface area (Å²) < 4.78 is 16.0. The third-order valence-corrected chi connectivity index (χ3v) is 3.20. The third-order valence-electron chi connectivity index (χ3n) is 3.20. The van der Waals surface area contributed by atoms with Crippen molar-refractivity contribution in [3.8, 4) is 0 Å². The number of rotatable bonds is 5. The lowest BCUT2D eigenvalue weighted by Crippen LogP contribution is -2.23. The maximum atomic E-state index is 12.3. The Morgan fingerprint density at radius 3 is 2.86 bits per heavy atom. The van der Waals surface area contributed by atoms with Crippen molar-refractivity contribution in [3.05, 3.63) is 59.7 Å². The summed E-state index contributed by atoms with van der Waals surface area (Å²) >= 11 is 0. The van der Waals surface area contributed by atoms with Crippen LogP contribution in [0, 0.1) is 0 Å². The zero-order valence-corrected chi connectivity index (χ0v) is 11.6. The average Bonchev–Trinajstić information content (AvgIpc) is 3.13. The Morgan fingerprint density at radius 1 is 1.24 bits per heavy atom. The molecule has 1 amide bonds. The first-order chi connectivity index (χ1) is 10.3. The third kappa shape index (κ3) is 2.68. The molecule has 0 fully saturated rings. The Hall–Kier alpha value is -2.53. The minimum atomic E-state index is -0.283. The molecule has 21 heavy (non-hydrogen) atoms. The summed E-state index contributed by atoms with van der Waals surface area (Å²) in [6, 6.07) is 11.1. The summed E-state index contributed by atoms with van der Waals surface area (Å²) in [5, 5.41) is 3.67. The fourth-order valence-corrected chi connectivity index (χ4v) is 2.23. The van der Waals surface area contributed by atoms with E-state index in [4.69, 9.17) is 13.6 Å². The summed E-state index contributed by atoms with van der Waals surface area (Å²) in [5.41, 5.74) is 1.43. The van der Waals surface area contributed by atoms with E-state index >= 15 is 0 Å². The second-order valence-electron chi connectivity index (χ2n) is 4.60. The van der Waals surface area contributed by atoms with Crippen LogP contribution in [0.15, 0.2) is 51.5 Å². The normalized spacial score (nSPS) is 10.9. The second-order valence-corrected chi connectivity index (χ2v) is 4.60. The number of hydrogen-bond donors (Lipinski definition) is 1. The first-order valence-corrected chi connectivity index (χ1v) is 6.59. The number of fused-ring (bicyclic) bond motifs is 1. The predicted molar refractivity (Wildman–Crippen MR) is 76.8 cm³/mol.